The molecule has 2 aromatic rings. The highest BCUT2D eigenvalue weighted by Crippen LogP contribution is 2.34. The van der Waals surface area contributed by atoms with Crippen LogP contribution in [0.4, 0.5) is 16.6 Å². The lowest BCUT2D eigenvalue weighted by atomic mass is 10.1. The van der Waals surface area contributed by atoms with Gasteiger partial charge >= 0.3 is 6.09 Å². The monoisotopic (exact) mass is 511 g/mol. The standard InChI is InChI=1S/C22H31Cl2N7O3/c1-22(2,3)34-21(32)31-10-8-30(9-11-31)12-14-33-13-7-26-20-27-19(25)18(28-29-20)15-5-4-6-16(23)17(15)24/h4-6H,7-14H2,1-3H3,(H3,25,26,27,29). The lowest BCUT2D eigenvalue weighted by Crippen LogP contribution is -2.50. The molecule has 1 aromatic heterocycles. The zero-order valence-electron chi connectivity index (χ0n) is 19.7. The van der Waals surface area contributed by atoms with Crippen LogP contribution in [0.1, 0.15) is 20.8 Å². The summed E-state index contributed by atoms with van der Waals surface area (Å²) in [5.41, 5.74) is 6.52. The van der Waals surface area contributed by atoms with Crippen molar-refractivity contribution in [3.63, 3.8) is 0 Å². The third-order valence-electron chi connectivity index (χ3n) is 5.03. The smallest absolute Gasteiger partial charge is 0.410 e. The van der Waals surface area contributed by atoms with Crippen LogP contribution in [0.2, 0.25) is 10.0 Å². The van der Waals surface area contributed by atoms with Crippen molar-refractivity contribution in [2.75, 3.05) is 63.5 Å². The number of rotatable bonds is 8. The predicted molar refractivity (Wildman–Crippen MR) is 133 cm³/mol. The first-order valence-electron chi connectivity index (χ1n) is 11.1. The second kappa shape index (κ2) is 11.8. The largest absolute Gasteiger partial charge is 0.444 e. The summed E-state index contributed by atoms with van der Waals surface area (Å²) in [6.07, 6.45) is -0.254. The molecule has 186 valence electrons. The molecule has 1 aliphatic heterocycles. The van der Waals surface area contributed by atoms with Crippen molar-refractivity contribution in [3.8, 4) is 11.3 Å². The number of nitrogens with two attached hydrogens (primary N) is 1. The number of nitrogen functional groups attached to an aromatic ring is 1. The van der Waals surface area contributed by atoms with Gasteiger partial charge in [-0.1, -0.05) is 35.3 Å². The fourth-order valence-corrected chi connectivity index (χ4v) is 3.69. The van der Waals surface area contributed by atoms with Crippen molar-refractivity contribution in [1.29, 1.82) is 0 Å². The Kier molecular flexibility index (Phi) is 9.12. The number of anilines is 2. The summed E-state index contributed by atoms with van der Waals surface area (Å²) in [5.74, 6) is 0.509. The van der Waals surface area contributed by atoms with Gasteiger partial charge in [0.2, 0.25) is 5.95 Å². The molecular formula is C22H31Cl2N7O3. The van der Waals surface area contributed by atoms with E-state index in [1.54, 1.807) is 23.1 Å². The summed E-state index contributed by atoms with van der Waals surface area (Å²) < 4.78 is 11.1. The summed E-state index contributed by atoms with van der Waals surface area (Å²) >= 11 is 12.3. The van der Waals surface area contributed by atoms with Crippen LogP contribution in [-0.4, -0.2) is 89.2 Å². The molecule has 0 bridgehead atoms. The van der Waals surface area contributed by atoms with Gasteiger partial charge in [0, 0.05) is 44.8 Å². The van der Waals surface area contributed by atoms with Crippen molar-refractivity contribution >= 4 is 41.1 Å². The topological polar surface area (TPSA) is 119 Å². The third-order valence-corrected chi connectivity index (χ3v) is 5.84. The molecule has 1 aliphatic rings. The molecule has 34 heavy (non-hydrogen) atoms. The van der Waals surface area contributed by atoms with Gasteiger partial charge in [0.1, 0.15) is 11.3 Å². The molecule has 0 saturated carbocycles. The predicted octanol–water partition coefficient (Wildman–Crippen LogP) is 3.41. The maximum Gasteiger partial charge on any atom is 0.410 e. The van der Waals surface area contributed by atoms with Gasteiger partial charge in [-0.15, -0.1) is 10.2 Å². The second-order valence-electron chi connectivity index (χ2n) is 8.82. The van der Waals surface area contributed by atoms with Gasteiger partial charge in [0.15, 0.2) is 5.82 Å². The average Bonchev–Trinajstić information content (AvgIpc) is 2.78. The van der Waals surface area contributed by atoms with Gasteiger partial charge in [-0.05, 0) is 26.8 Å². The number of carbonyl (C=O) groups excluding carboxylic acids is 1. The Hall–Kier alpha value is -2.40. The highest BCUT2D eigenvalue weighted by molar-refractivity contribution is 6.43. The zero-order valence-corrected chi connectivity index (χ0v) is 21.2. The SMILES string of the molecule is CC(C)(C)OC(=O)N1CCN(CCOCCNc2nnc(-c3cccc(Cl)c3Cl)c(N)n2)CC1. The molecule has 0 spiro atoms. The van der Waals surface area contributed by atoms with Gasteiger partial charge in [0.25, 0.3) is 0 Å². The van der Waals surface area contributed by atoms with Crippen molar-refractivity contribution in [3.05, 3.63) is 28.2 Å². The van der Waals surface area contributed by atoms with Crippen LogP contribution >= 0.6 is 23.2 Å². The van der Waals surface area contributed by atoms with E-state index < -0.39 is 5.60 Å². The number of amides is 1. The summed E-state index contributed by atoms with van der Waals surface area (Å²) in [5, 5.41) is 12.0. The first kappa shape index (κ1) is 26.2. The number of hydrogen-bond acceptors (Lipinski definition) is 9. The van der Waals surface area contributed by atoms with E-state index in [1.807, 2.05) is 20.8 Å². The van der Waals surface area contributed by atoms with Gasteiger partial charge in [-0.2, -0.15) is 4.98 Å². The van der Waals surface area contributed by atoms with Crippen LogP contribution in [0.3, 0.4) is 0 Å². The Morgan fingerprint density at radius 1 is 1.15 bits per heavy atom. The second-order valence-corrected chi connectivity index (χ2v) is 9.60. The number of halogens is 2. The van der Waals surface area contributed by atoms with Crippen LogP contribution in [0, 0.1) is 0 Å². The zero-order chi connectivity index (χ0) is 24.7. The number of nitrogens with zero attached hydrogens (tertiary/aromatic N) is 5. The number of piperazine rings is 1. The Bertz CT molecular complexity index is 979. The van der Waals surface area contributed by atoms with Crippen LogP contribution in [0.5, 0.6) is 0 Å². The molecule has 0 radical (unpaired) electrons. The number of benzene rings is 1. The minimum atomic E-state index is -0.477. The van der Waals surface area contributed by atoms with Gasteiger partial charge in [-0.25, -0.2) is 4.79 Å². The summed E-state index contributed by atoms with van der Waals surface area (Å²) in [6.45, 7) is 10.9. The first-order valence-corrected chi connectivity index (χ1v) is 11.9. The normalized spacial score (nSPS) is 14.8. The lowest BCUT2D eigenvalue weighted by molar-refractivity contribution is 0.0118. The van der Waals surface area contributed by atoms with Crippen molar-refractivity contribution in [2.45, 2.75) is 26.4 Å². The average molecular weight is 512 g/mol. The molecule has 3 rings (SSSR count). The van der Waals surface area contributed by atoms with Crippen LogP contribution in [0.25, 0.3) is 11.3 Å². The van der Waals surface area contributed by atoms with E-state index >= 15 is 0 Å². The Balaban J connectivity index is 1.33. The van der Waals surface area contributed by atoms with Crippen LogP contribution in [0.15, 0.2) is 18.2 Å². The first-order chi connectivity index (χ1) is 16.1. The highest BCUT2D eigenvalue weighted by Gasteiger charge is 2.25. The van der Waals surface area contributed by atoms with E-state index in [9.17, 15) is 4.79 Å². The Morgan fingerprint density at radius 2 is 1.88 bits per heavy atom. The molecule has 3 N–H and O–H groups in total. The van der Waals surface area contributed by atoms with Crippen LogP contribution < -0.4 is 11.1 Å². The number of aromatic nitrogens is 3. The minimum absolute atomic E-state index is 0.202. The maximum absolute atomic E-state index is 12.1. The number of carbonyl (C=O) groups is 1. The molecule has 1 saturated heterocycles. The van der Waals surface area contributed by atoms with E-state index in [0.29, 0.717) is 60.1 Å². The van der Waals surface area contributed by atoms with Gasteiger partial charge in [0.05, 0.1) is 23.3 Å². The van der Waals surface area contributed by atoms with E-state index in [2.05, 4.69) is 25.4 Å². The number of hydrogen-bond donors (Lipinski definition) is 2. The van der Waals surface area contributed by atoms with Crippen LogP contribution in [-0.2, 0) is 9.47 Å². The van der Waals surface area contributed by atoms with E-state index in [-0.39, 0.29) is 11.9 Å². The lowest BCUT2D eigenvalue weighted by Gasteiger charge is -2.35. The fourth-order valence-electron chi connectivity index (χ4n) is 3.30. The molecule has 1 fully saturated rings. The fraction of sp³-hybridized carbons (Fsp3) is 0.545. The van der Waals surface area contributed by atoms with E-state index in [0.717, 1.165) is 19.6 Å². The minimum Gasteiger partial charge on any atom is -0.444 e. The molecule has 2 heterocycles. The molecule has 0 atom stereocenters. The van der Waals surface area contributed by atoms with Gasteiger partial charge < -0.3 is 25.4 Å². The Morgan fingerprint density at radius 3 is 2.56 bits per heavy atom. The van der Waals surface area contributed by atoms with Gasteiger partial charge in [-0.3, -0.25) is 4.90 Å². The summed E-state index contributed by atoms with van der Waals surface area (Å²) in [4.78, 5) is 20.4. The molecule has 0 unspecified atom stereocenters. The van der Waals surface area contributed by atoms with E-state index in [1.165, 1.54) is 0 Å². The molecule has 0 aliphatic carbocycles. The number of ether oxygens (including phenoxy) is 2. The summed E-state index contributed by atoms with van der Waals surface area (Å²) in [6, 6.07) is 5.20. The third kappa shape index (κ3) is 7.56. The number of nitrogens with one attached hydrogen (secondary N) is 1. The van der Waals surface area contributed by atoms with Crippen molar-refractivity contribution < 1.29 is 14.3 Å². The van der Waals surface area contributed by atoms with Crippen molar-refractivity contribution in [1.82, 2.24) is 25.0 Å². The molecule has 1 amide bonds. The van der Waals surface area contributed by atoms with Crippen molar-refractivity contribution in [2.24, 2.45) is 0 Å². The molecule has 10 nitrogen and oxygen atoms in total. The molecular weight excluding hydrogens is 481 g/mol. The molecule has 1 aromatic carbocycles. The van der Waals surface area contributed by atoms with E-state index in [4.69, 9.17) is 38.4 Å². The quantitative estimate of drug-likeness (QED) is 0.513. The summed E-state index contributed by atoms with van der Waals surface area (Å²) in [7, 11) is 0. The highest BCUT2D eigenvalue weighted by atomic mass is 35.5. The molecule has 12 heteroatoms. The maximum atomic E-state index is 12.1. The Labute approximate surface area is 209 Å².